The molecule has 37 heavy (non-hydrogen) atoms. The van der Waals surface area contributed by atoms with Gasteiger partial charge in [0.1, 0.15) is 18.0 Å². The predicted molar refractivity (Wildman–Crippen MR) is 138 cm³/mol. The molecule has 0 aromatic heterocycles. The molecule has 3 rings (SSSR count). The van der Waals surface area contributed by atoms with Crippen molar-refractivity contribution in [3.63, 3.8) is 0 Å². The minimum atomic E-state index is -4.05. The Morgan fingerprint density at radius 3 is 2.35 bits per heavy atom. The van der Waals surface area contributed by atoms with Crippen molar-refractivity contribution in [2.45, 2.75) is 11.8 Å². The van der Waals surface area contributed by atoms with Crippen molar-refractivity contribution in [1.82, 2.24) is 5.43 Å². The fraction of sp³-hybridized carbons (Fsp3) is 0.192. The SMILES string of the molecule is CCOc1ccc(N(CC(=O)N/N=C\c2cccc(OCC(=O)OC)c2)S(=O)(=O)c2ccccc2)cc1. The molecule has 0 unspecified atom stereocenters. The number of benzene rings is 3. The van der Waals surface area contributed by atoms with Gasteiger partial charge in [-0.1, -0.05) is 30.3 Å². The van der Waals surface area contributed by atoms with Gasteiger partial charge in [-0.05, 0) is 61.0 Å². The highest BCUT2D eigenvalue weighted by atomic mass is 32.2. The number of nitrogens with zero attached hydrogens (tertiary/aromatic N) is 2. The number of hydrazone groups is 1. The molecule has 0 spiro atoms. The first-order chi connectivity index (χ1) is 17.8. The molecule has 0 saturated heterocycles. The largest absolute Gasteiger partial charge is 0.494 e. The lowest BCUT2D eigenvalue weighted by atomic mass is 10.2. The van der Waals surface area contributed by atoms with Gasteiger partial charge in [0.2, 0.25) is 0 Å². The molecule has 0 heterocycles. The molecule has 0 radical (unpaired) electrons. The Kier molecular flexibility index (Phi) is 9.61. The number of carbonyl (C=O) groups excluding carboxylic acids is 2. The zero-order valence-corrected chi connectivity index (χ0v) is 21.2. The lowest BCUT2D eigenvalue weighted by Crippen LogP contribution is -2.39. The molecule has 0 atom stereocenters. The standard InChI is InChI=1S/C26H27N3O7S/c1-3-35-22-14-12-21(13-15-22)29(37(32,33)24-10-5-4-6-11-24)18-25(30)28-27-17-20-8-7-9-23(16-20)36-19-26(31)34-2/h4-17H,3,18-19H2,1-2H3,(H,28,30)/b27-17-. The lowest BCUT2D eigenvalue weighted by molar-refractivity contribution is -0.142. The third kappa shape index (κ3) is 7.80. The van der Waals surface area contributed by atoms with Crippen LogP contribution in [-0.4, -0.2) is 53.4 Å². The van der Waals surface area contributed by atoms with Crippen LogP contribution in [0.15, 0.2) is 88.9 Å². The van der Waals surface area contributed by atoms with Gasteiger partial charge in [-0.25, -0.2) is 18.6 Å². The predicted octanol–water partition coefficient (Wildman–Crippen LogP) is 2.98. The van der Waals surface area contributed by atoms with Crippen LogP contribution in [0.4, 0.5) is 5.69 Å². The first-order valence-corrected chi connectivity index (χ1v) is 12.7. The van der Waals surface area contributed by atoms with Gasteiger partial charge in [0.25, 0.3) is 15.9 Å². The third-order valence-electron chi connectivity index (χ3n) is 4.90. The van der Waals surface area contributed by atoms with E-state index in [0.29, 0.717) is 29.4 Å². The van der Waals surface area contributed by atoms with Crippen LogP contribution in [0.1, 0.15) is 12.5 Å². The maximum Gasteiger partial charge on any atom is 0.343 e. The van der Waals surface area contributed by atoms with Crippen molar-refractivity contribution < 1.29 is 32.2 Å². The van der Waals surface area contributed by atoms with E-state index in [-0.39, 0.29) is 11.5 Å². The van der Waals surface area contributed by atoms with Crippen LogP contribution in [0.2, 0.25) is 0 Å². The van der Waals surface area contributed by atoms with Gasteiger partial charge in [0.05, 0.1) is 30.5 Å². The second-order valence-corrected chi connectivity index (χ2v) is 9.34. The Balaban J connectivity index is 1.74. The number of anilines is 1. The van der Waals surface area contributed by atoms with Crippen molar-refractivity contribution in [2.24, 2.45) is 5.10 Å². The summed E-state index contributed by atoms with van der Waals surface area (Å²) in [5.41, 5.74) is 3.23. The smallest absolute Gasteiger partial charge is 0.343 e. The summed E-state index contributed by atoms with van der Waals surface area (Å²) in [7, 11) is -2.78. The lowest BCUT2D eigenvalue weighted by Gasteiger charge is -2.24. The number of nitrogens with one attached hydrogen (secondary N) is 1. The average Bonchev–Trinajstić information content (AvgIpc) is 2.92. The molecule has 0 bridgehead atoms. The molecule has 11 heteroatoms. The van der Waals surface area contributed by atoms with E-state index in [1.165, 1.54) is 25.5 Å². The van der Waals surface area contributed by atoms with Gasteiger partial charge < -0.3 is 14.2 Å². The number of amides is 1. The van der Waals surface area contributed by atoms with E-state index < -0.39 is 28.4 Å². The molecule has 0 saturated carbocycles. The molecule has 0 aliphatic heterocycles. The van der Waals surface area contributed by atoms with E-state index in [1.54, 1.807) is 66.7 Å². The molecule has 0 fully saturated rings. The van der Waals surface area contributed by atoms with Crippen LogP contribution in [0.5, 0.6) is 11.5 Å². The number of carbonyl (C=O) groups is 2. The summed E-state index contributed by atoms with van der Waals surface area (Å²) in [5.74, 6) is -0.178. The van der Waals surface area contributed by atoms with Crippen molar-refractivity contribution >= 4 is 33.8 Å². The number of hydrogen-bond donors (Lipinski definition) is 1. The van der Waals surface area contributed by atoms with Crippen LogP contribution in [0.3, 0.4) is 0 Å². The Bertz CT molecular complexity index is 1330. The summed E-state index contributed by atoms with van der Waals surface area (Å²) in [5, 5.41) is 3.92. The average molecular weight is 526 g/mol. The number of methoxy groups -OCH3 is 1. The highest BCUT2D eigenvalue weighted by Gasteiger charge is 2.27. The highest BCUT2D eigenvalue weighted by Crippen LogP contribution is 2.25. The van der Waals surface area contributed by atoms with Gasteiger partial charge in [-0.15, -0.1) is 0 Å². The molecule has 1 amide bonds. The Morgan fingerprint density at radius 2 is 1.68 bits per heavy atom. The quantitative estimate of drug-likeness (QED) is 0.219. The number of ether oxygens (including phenoxy) is 3. The van der Waals surface area contributed by atoms with Crippen LogP contribution < -0.4 is 19.2 Å². The second kappa shape index (κ2) is 13.1. The monoisotopic (exact) mass is 525 g/mol. The fourth-order valence-corrected chi connectivity index (χ4v) is 4.58. The van der Waals surface area contributed by atoms with E-state index in [9.17, 15) is 18.0 Å². The molecule has 1 N–H and O–H groups in total. The molecule has 3 aromatic rings. The van der Waals surface area contributed by atoms with Crippen molar-refractivity contribution in [2.75, 3.05) is 31.2 Å². The van der Waals surface area contributed by atoms with Gasteiger partial charge >= 0.3 is 5.97 Å². The maximum absolute atomic E-state index is 13.4. The highest BCUT2D eigenvalue weighted by molar-refractivity contribution is 7.92. The summed E-state index contributed by atoms with van der Waals surface area (Å²) in [4.78, 5) is 24.0. The van der Waals surface area contributed by atoms with Gasteiger partial charge in [0.15, 0.2) is 6.61 Å². The first kappa shape index (κ1) is 27.2. The van der Waals surface area contributed by atoms with E-state index >= 15 is 0 Å². The minimum Gasteiger partial charge on any atom is -0.494 e. The maximum atomic E-state index is 13.4. The summed E-state index contributed by atoms with van der Waals surface area (Å²) >= 11 is 0. The van der Waals surface area contributed by atoms with Gasteiger partial charge in [0, 0.05) is 0 Å². The minimum absolute atomic E-state index is 0.0453. The summed E-state index contributed by atoms with van der Waals surface area (Å²) in [6.45, 7) is 1.55. The summed E-state index contributed by atoms with van der Waals surface area (Å²) in [6.07, 6.45) is 1.37. The molecular formula is C26H27N3O7S. The zero-order chi connectivity index (χ0) is 26.7. The molecular weight excluding hydrogens is 498 g/mol. The topological polar surface area (TPSA) is 124 Å². The second-order valence-electron chi connectivity index (χ2n) is 7.48. The Labute approximate surface area is 215 Å². The van der Waals surface area contributed by atoms with Crippen LogP contribution in [-0.2, 0) is 24.3 Å². The number of sulfonamides is 1. The Hall–Kier alpha value is -4.38. The molecule has 194 valence electrons. The van der Waals surface area contributed by atoms with Crippen molar-refractivity contribution in [3.8, 4) is 11.5 Å². The normalized spacial score (nSPS) is 11.1. The molecule has 10 nitrogen and oxygen atoms in total. The fourth-order valence-electron chi connectivity index (χ4n) is 3.14. The van der Waals surface area contributed by atoms with E-state index in [2.05, 4.69) is 15.3 Å². The zero-order valence-electron chi connectivity index (χ0n) is 20.4. The summed E-state index contributed by atoms with van der Waals surface area (Å²) in [6, 6.07) is 20.9. The molecule has 3 aromatic carbocycles. The van der Waals surface area contributed by atoms with E-state index in [0.717, 1.165) is 4.31 Å². The van der Waals surface area contributed by atoms with Crippen LogP contribution in [0, 0.1) is 0 Å². The summed E-state index contributed by atoms with van der Waals surface area (Å²) < 4.78 is 43.0. The molecule has 0 aliphatic carbocycles. The third-order valence-corrected chi connectivity index (χ3v) is 6.69. The van der Waals surface area contributed by atoms with Crippen molar-refractivity contribution in [3.05, 3.63) is 84.4 Å². The van der Waals surface area contributed by atoms with Gasteiger partial charge in [-0.2, -0.15) is 5.10 Å². The number of rotatable bonds is 12. The number of esters is 1. The van der Waals surface area contributed by atoms with Gasteiger partial charge in [-0.3, -0.25) is 9.10 Å². The van der Waals surface area contributed by atoms with E-state index in [4.69, 9.17) is 9.47 Å². The van der Waals surface area contributed by atoms with E-state index in [1.807, 2.05) is 6.92 Å². The van der Waals surface area contributed by atoms with Crippen LogP contribution in [0.25, 0.3) is 0 Å². The van der Waals surface area contributed by atoms with Crippen molar-refractivity contribution in [1.29, 1.82) is 0 Å². The van der Waals surface area contributed by atoms with Crippen LogP contribution >= 0.6 is 0 Å². The Morgan fingerprint density at radius 1 is 0.946 bits per heavy atom. The number of hydrogen-bond acceptors (Lipinski definition) is 8. The molecule has 0 aliphatic rings. The first-order valence-electron chi connectivity index (χ1n) is 11.3.